The molecule has 1 aromatic carbocycles. The minimum atomic E-state index is -3.06. The maximum absolute atomic E-state index is 11.8. The maximum atomic E-state index is 11.8. The van der Waals surface area contributed by atoms with Gasteiger partial charge in [0.1, 0.15) is 0 Å². The van der Waals surface area contributed by atoms with Gasteiger partial charge in [-0.2, -0.15) is 0 Å². The summed E-state index contributed by atoms with van der Waals surface area (Å²) in [7, 11) is -3.06. The Hall–Kier alpha value is -1.40. The molecule has 0 aliphatic carbocycles. The van der Waals surface area contributed by atoms with E-state index in [1.165, 1.54) is 4.31 Å². The van der Waals surface area contributed by atoms with Crippen molar-refractivity contribution in [3.05, 3.63) is 29.8 Å². The van der Waals surface area contributed by atoms with Crippen molar-refractivity contribution in [2.24, 2.45) is 4.99 Å². The van der Waals surface area contributed by atoms with Crippen molar-refractivity contribution in [2.75, 3.05) is 43.4 Å². The number of rotatable bonds is 7. The van der Waals surface area contributed by atoms with Crippen LogP contribution in [-0.4, -0.2) is 63.1 Å². The number of anilines is 1. The van der Waals surface area contributed by atoms with Gasteiger partial charge in [-0.25, -0.2) is 17.7 Å². The lowest BCUT2D eigenvalue weighted by atomic mass is 10.2. The molecule has 1 amide bonds. The number of nitrogens with one attached hydrogen (secondary N) is 2. The Morgan fingerprint density at radius 3 is 2.48 bits per heavy atom. The summed E-state index contributed by atoms with van der Waals surface area (Å²) in [6.07, 6.45) is 2.25. The van der Waals surface area contributed by atoms with Gasteiger partial charge in [-0.05, 0) is 37.5 Å². The fraction of sp³-hybridized carbons (Fsp3) is 0.579. The van der Waals surface area contributed by atoms with E-state index in [0.29, 0.717) is 45.0 Å². The Morgan fingerprint density at radius 1 is 1.14 bits per heavy atom. The molecule has 2 fully saturated rings. The van der Waals surface area contributed by atoms with E-state index in [-0.39, 0.29) is 35.6 Å². The normalized spacial score (nSPS) is 19.3. The molecule has 0 unspecified atom stereocenters. The Morgan fingerprint density at radius 2 is 1.90 bits per heavy atom. The standard InChI is InChI=1S/C19H29N5O3S.HI/c1-2-20-19(21-10-13-23-11-4-14-28(23,26)27)22-15-16-6-8-17(9-7-16)24-12-3-5-18(24)25;/h6-9H,2-5,10-15H2,1H3,(H2,20,21,22);1H. The molecule has 0 saturated carbocycles. The molecule has 0 aromatic heterocycles. The number of nitrogens with zero attached hydrogens (tertiary/aromatic N) is 3. The predicted molar refractivity (Wildman–Crippen MR) is 126 cm³/mol. The third kappa shape index (κ3) is 6.54. The molecule has 8 nitrogen and oxygen atoms in total. The minimum Gasteiger partial charge on any atom is -0.357 e. The zero-order valence-electron chi connectivity index (χ0n) is 16.8. The second kappa shape index (κ2) is 11.1. The van der Waals surface area contributed by atoms with Gasteiger partial charge in [0.25, 0.3) is 0 Å². The Labute approximate surface area is 190 Å². The molecule has 0 atom stereocenters. The van der Waals surface area contributed by atoms with Crippen LogP contribution >= 0.6 is 24.0 Å². The highest BCUT2D eigenvalue weighted by molar-refractivity contribution is 14.0. The highest BCUT2D eigenvalue weighted by atomic mass is 127. The lowest BCUT2D eigenvalue weighted by Gasteiger charge is -2.17. The zero-order chi connectivity index (χ0) is 20.0. The predicted octanol–water partition coefficient (Wildman–Crippen LogP) is 1.52. The number of benzene rings is 1. The van der Waals surface area contributed by atoms with Gasteiger partial charge < -0.3 is 15.5 Å². The van der Waals surface area contributed by atoms with Crippen LogP contribution in [0.15, 0.2) is 29.3 Å². The van der Waals surface area contributed by atoms with Gasteiger partial charge in [0.05, 0.1) is 12.3 Å². The first-order valence-electron chi connectivity index (χ1n) is 9.89. The summed E-state index contributed by atoms with van der Waals surface area (Å²) in [5.74, 6) is 1.10. The molecular formula is C19H30IN5O3S. The zero-order valence-corrected chi connectivity index (χ0v) is 19.9. The molecule has 29 heavy (non-hydrogen) atoms. The van der Waals surface area contributed by atoms with Crippen molar-refractivity contribution in [2.45, 2.75) is 32.7 Å². The van der Waals surface area contributed by atoms with E-state index in [9.17, 15) is 13.2 Å². The second-order valence-electron chi connectivity index (χ2n) is 7.01. The first-order valence-corrected chi connectivity index (χ1v) is 11.5. The summed E-state index contributed by atoms with van der Waals surface area (Å²) in [5, 5.41) is 6.38. The number of hydrogen-bond acceptors (Lipinski definition) is 4. The number of halogens is 1. The Balaban J connectivity index is 0.00000300. The summed E-state index contributed by atoms with van der Waals surface area (Å²) in [6.45, 7) is 5.58. The smallest absolute Gasteiger partial charge is 0.227 e. The van der Waals surface area contributed by atoms with Crippen LogP contribution in [0.1, 0.15) is 31.7 Å². The van der Waals surface area contributed by atoms with Gasteiger partial charge in [-0.1, -0.05) is 12.1 Å². The summed E-state index contributed by atoms with van der Waals surface area (Å²) in [5.41, 5.74) is 1.99. The van der Waals surface area contributed by atoms with Crippen LogP contribution in [0.4, 0.5) is 5.69 Å². The van der Waals surface area contributed by atoms with Crippen molar-refractivity contribution in [3.8, 4) is 0 Å². The molecular weight excluding hydrogens is 505 g/mol. The lowest BCUT2D eigenvalue weighted by Crippen LogP contribution is -2.42. The fourth-order valence-electron chi connectivity index (χ4n) is 3.46. The average Bonchev–Trinajstić information content (AvgIpc) is 3.25. The summed E-state index contributed by atoms with van der Waals surface area (Å²) >= 11 is 0. The van der Waals surface area contributed by atoms with Crippen LogP contribution in [0.25, 0.3) is 0 Å². The molecule has 10 heteroatoms. The van der Waals surface area contributed by atoms with E-state index in [1.54, 1.807) is 0 Å². The minimum absolute atomic E-state index is 0. The SMILES string of the molecule is CCNC(=NCc1ccc(N2CCCC2=O)cc1)NCCN1CCCS1(=O)=O.I. The van der Waals surface area contributed by atoms with Gasteiger partial charge in [-0.3, -0.25) is 4.79 Å². The van der Waals surface area contributed by atoms with Crippen LogP contribution in [0.2, 0.25) is 0 Å². The molecule has 162 valence electrons. The molecule has 2 N–H and O–H groups in total. The van der Waals surface area contributed by atoms with Crippen molar-refractivity contribution in [3.63, 3.8) is 0 Å². The molecule has 0 radical (unpaired) electrons. The number of carbonyl (C=O) groups is 1. The van der Waals surface area contributed by atoms with E-state index in [1.807, 2.05) is 36.1 Å². The fourth-order valence-corrected chi connectivity index (χ4v) is 4.98. The summed E-state index contributed by atoms with van der Waals surface area (Å²) < 4.78 is 25.2. The number of sulfonamides is 1. The third-order valence-electron chi connectivity index (χ3n) is 4.94. The molecule has 0 spiro atoms. The highest BCUT2D eigenvalue weighted by Gasteiger charge is 2.27. The van der Waals surface area contributed by atoms with Crippen LogP contribution < -0.4 is 15.5 Å². The first kappa shape index (κ1) is 23.9. The Kier molecular flexibility index (Phi) is 9.15. The van der Waals surface area contributed by atoms with Crippen molar-refractivity contribution < 1.29 is 13.2 Å². The number of amides is 1. The quantitative estimate of drug-likeness (QED) is 0.314. The summed E-state index contributed by atoms with van der Waals surface area (Å²) in [4.78, 5) is 18.2. The van der Waals surface area contributed by atoms with E-state index in [0.717, 1.165) is 30.8 Å². The van der Waals surface area contributed by atoms with Gasteiger partial charge in [0.2, 0.25) is 15.9 Å². The van der Waals surface area contributed by atoms with E-state index < -0.39 is 10.0 Å². The molecule has 1 aromatic rings. The van der Waals surface area contributed by atoms with Gasteiger partial charge >= 0.3 is 0 Å². The highest BCUT2D eigenvalue weighted by Crippen LogP contribution is 2.21. The monoisotopic (exact) mass is 535 g/mol. The van der Waals surface area contributed by atoms with Gasteiger partial charge in [0, 0.05) is 44.8 Å². The van der Waals surface area contributed by atoms with Crippen LogP contribution in [-0.2, 0) is 21.4 Å². The molecule has 0 bridgehead atoms. The van der Waals surface area contributed by atoms with E-state index in [2.05, 4.69) is 15.6 Å². The first-order chi connectivity index (χ1) is 13.5. The lowest BCUT2D eigenvalue weighted by molar-refractivity contribution is -0.117. The summed E-state index contributed by atoms with van der Waals surface area (Å²) in [6, 6.07) is 7.91. The molecule has 2 aliphatic heterocycles. The number of aliphatic imine (C=N–C) groups is 1. The number of carbonyl (C=O) groups excluding carboxylic acids is 1. The van der Waals surface area contributed by atoms with Crippen molar-refractivity contribution >= 4 is 51.6 Å². The topological polar surface area (TPSA) is 94.1 Å². The molecule has 2 saturated heterocycles. The number of guanidine groups is 1. The van der Waals surface area contributed by atoms with Gasteiger partial charge in [-0.15, -0.1) is 24.0 Å². The third-order valence-corrected chi connectivity index (χ3v) is 6.90. The molecule has 2 aliphatic rings. The van der Waals surface area contributed by atoms with Crippen LogP contribution in [0.3, 0.4) is 0 Å². The number of hydrogen-bond donors (Lipinski definition) is 2. The Bertz CT molecular complexity index is 814. The van der Waals surface area contributed by atoms with Gasteiger partial charge in [0.15, 0.2) is 5.96 Å². The molecule has 2 heterocycles. The van der Waals surface area contributed by atoms with Crippen LogP contribution in [0, 0.1) is 0 Å². The van der Waals surface area contributed by atoms with E-state index in [4.69, 9.17) is 0 Å². The second-order valence-corrected chi connectivity index (χ2v) is 9.09. The van der Waals surface area contributed by atoms with Crippen molar-refractivity contribution in [1.29, 1.82) is 0 Å². The van der Waals surface area contributed by atoms with E-state index >= 15 is 0 Å². The average molecular weight is 535 g/mol. The largest absolute Gasteiger partial charge is 0.357 e. The van der Waals surface area contributed by atoms with Crippen LogP contribution in [0.5, 0.6) is 0 Å². The molecule has 3 rings (SSSR count). The maximum Gasteiger partial charge on any atom is 0.227 e. The van der Waals surface area contributed by atoms with Crippen molar-refractivity contribution in [1.82, 2.24) is 14.9 Å².